The standard InChI is InChI=1S/C26H26N4O3/c1-17-7-6-8-18(2)24(17)28-23(31)16-30-22-10-5-4-9-21(22)25(29-26(30)32)27-15-19-11-13-20(33-3)14-12-19/h4-14H,15-16H2,1-3H3,(H,28,31)(H,27,29,32). The van der Waals surface area contributed by atoms with Crippen LogP contribution in [0.15, 0.2) is 71.5 Å². The first-order valence-electron chi connectivity index (χ1n) is 10.7. The molecule has 0 bridgehead atoms. The number of carbonyl (C=O) groups is 1. The molecule has 0 aliphatic rings. The number of para-hydroxylation sites is 2. The molecule has 4 aromatic rings. The molecule has 0 saturated heterocycles. The Morgan fingerprint density at radius 3 is 2.36 bits per heavy atom. The fourth-order valence-corrected chi connectivity index (χ4v) is 3.78. The highest BCUT2D eigenvalue weighted by Crippen LogP contribution is 2.22. The van der Waals surface area contributed by atoms with E-state index >= 15 is 0 Å². The predicted octanol–water partition coefficient (Wildman–Crippen LogP) is 4.27. The molecule has 168 valence electrons. The molecular formula is C26H26N4O3. The smallest absolute Gasteiger partial charge is 0.350 e. The van der Waals surface area contributed by atoms with E-state index in [2.05, 4.69) is 15.6 Å². The zero-order chi connectivity index (χ0) is 23.4. The summed E-state index contributed by atoms with van der Waals surface area (Å²) in [5.41, 5.74) is 3.90. The van der Waals surface area contributed by atoms with Crippen LogP contribution in [0.4, 0.5) is 11.5 Å². The number of methoxy groups -OCH3 is 1. The molecule has 7 heteroatoms. The van der Waals surface area contributed by atoms with Gasteiger partial charge in [0.1, 0.15) is 18.1 Å². The van der Waals surface area contributed by atoms with Gasteiger partial charge in [-0.3, -0.25) is 9.36 Å². The summed E-state index contributed by atoms with van der Waals surface area (Å²) in [6, 6.07) is 20.9. The Balaban J connectivity index is 1.59. The highest BCUT2D eigenvalue weighted by Gasteiger charge is 2.14. The molecule has 33 heavy (non-hydrogen) atoms. The van der Waals surface area contributed by atoms with Crippen molar-refractivity contribution < 1.29 is 9.53 Å². The lowest BCUT2D eigenvalue weighted by Gasteiger charge is -2.15. The lowest BCUT2D eigenvalue weighted by molar-refractivity contribution is -0.116. The maximum Gasteiger partial charge on any atom is 0.350 e. The van der Waals surface area contributed by atoms with Crippen molar-refractivity contribution in [3.8, 4) is 5.75 Å². The molecule has 0 aliphatic carbocycles. The topological polar surface area (TPSA) is 85.2 Å². The van der Waals surface area contributed by atoms with E-state index in [9.17, 15) is 9.59 Å². The second kappa shape index (κ2) is 9.56. The number of carbonyl (C=O) groups excluding carboxylic acids is 1. The molecule has 3 aromatic carbocycles. The van der Waals surface area contributed by atoms with E-state index in [1.165, 1.54) is 4.57 Å². The van der Waals surface area contributed by atoms with Crippen LogP contribution in [0.1, 0.15) is 16.7 Å². The van der Waals surface area contributed by atoms with Crippen LogP contribution in [0, 0.1) is 13.8 Å². The maximum absolute atomic E-state index is 12.9. The van der Waals surface area contributed by atoms with Crippen LogP contribution in [0.25, 0.3) is 10.9 Å². The van der Waals surface area contributed by atoms with Crippen molar-refractivity contribution in [3.05, 3.63) is 93.9 Å². The van der Waals surface area contributed by atoms with E-state index in [1.807, 2.05) is 80.6 Å². The summed E-state index contributed by atoms with van der Waals surface area (Å²) >= 11 is 0. The molecule has 0 radical (unpaired) electrons. The van der Waals surface area contributed by atoms with E-state index in [-0.39, 0.29) is 12.5 Å². The highest BCUT2D eigenvalue weighted by atomic mass is 16.5. The van der Waals surface area contributed by atoms with Crippen molar-refractivity contribution >= 4 is 28.3 Å². The van der Waals surface area contributed by atoms with Crippen LogP contribution < -0.4 is 21.1 Å². The van der Waals surface area contributed by atoms with Gasteiger partial charge in [0.05, 0.1) is 12.6 Å². The fourth-order valence-electron chi connectivity index (χ4n) is 3.78. The normalized spacial score (nSPS) is 10.8. The Labute approximate surface area is 192 Å². The van der Waals surface area contributed by atoms with Gasteiger partial charge in [0.25, 0.3) is 0 Å². The first-order chi connectivity index (χ1) is 16.0. The second-order valence-electron chi connectivity index (χ2n) is 7.86. The molecule has 1 heterocycles. The highest BCUT2D eigenvalue weighted by molar-refractivity contribution is 5.94. The molecule has 7 nitrogen and oxygen atoms in total. The number of anilines is 2. The number of hydrogen-bond donors (Lipinski definition) is 2. The van der Waals surface area contributed by atoms with Crippen molar-refractivity contribution in [1.82, 2.24) is 9.55 Å². The first kappa shape index (κ1) is 22.1. The van der Waals surface area contributed by atoms with Crippen LogP contribution in [-0.4, -0.2) is 22.6 Å². The predicted molar refractivity (Wildman–Crippen MR) is 131 cm³/mol. The van der Waals surface area contributed by atoms with E-state index in [1.54, 1.807) is 7.11 Å². The quantitative estimate of drug-likeness (QED) is 0.446. The number of nitrogens with zero attached hydrogens (tertiary/aromatic N) is 2. The summed E-state index contributed by atoms with van der Waals surface area (Å²) in [5, 5.41) is 6.96. The minimum Gasteiger partial charge on any atom is -0.497 e. The lowest BCUT2D eigenvalue weighted by atomic mass is 10.1. The molecule has 0 unspecified atom stereocenters. The second-order valence-corrected chi connectivity index (χ2v) is 7.86. The van der Waals surface area contributed by atoms with Crippen molar-refractivity contribution in [3.63, 3.8) is 0 Å². The van der Waals surface area contributed by atoms with Gasteiger partial charge >= 0.3 is 5.69 Å². The number of ether oxygens (including phenoxy) is 1. The van der Waals surface area contributed by atoms with Gasteiger partial charge in [0.15, 0.2) is 0 Å². The maximum atomic E-state index is 12.9. The van der Waals surface area contributed by atoms with Gasteiger partial charge in [-0.2, -0.15) is 4.98 Å². The first-order valence-corrected chi connectivity index (χ1v) is 10.7. The molecule has 0 fully saturated rings. The molecule has 0 atom stereocenters. The zero-order valence-corrected chi connectivity index (χ0v) is 18.9. The number of hydrogen-bond acceptors (Lipinski definition) is 5. The van der Waals surface area contributed by atoms with Crippen molar-refractivity contribution in [2.45, 2.75) is 26.9 Å². The van der Waals surface area contributed by atoms with Gasteiger partial charge in [0.2, 0.25) is 5.91 Å². The average Bonchev–Trinajstić information content (AvgIpc) is 2.82. The number of nitrogens with one attached hydrogen (secondary N) is 2. The molecule has 4 rings (SSSR count). The Hall–Kier alpha value is -4.13. The summed E-state index contributed by atoms with van der Waals surface area (Å²) < 4.78 is 6.59. The largest absolute Gasteiger partial charge is 0.497 e. The van der Waals surface area contributed by atoms with Gasteiger partial charge in [-0.05, 0) is 54.8 Å². The van der Waals surface area contributed by atoms with Gasteiger partial charge in [-0.15, -0.1) is 0 Å². The van der Waals surface area contributed by atoms with Crippen molar-refractivity contribution in [2.75, 3.05) is 17.7 Å². The molecule has 1 amide bonds. The van der Waals surface area contributed by atoms with Gasteiger partial charge < -0.3 is 15.4 Å². The third-order valence-corrected chi connectivity index (χ3v) is 5.55. The molecule has 0 aliphatic heterocycles. The summed E-state index contributed by atoms with van der Waals surface area (Å²) in [4.78, 5) is 29.9. The van der Waals surface area contributed by atoms with E-state index in [0.29, 0.717) is 17.9 Å². The minimum absolute atomic E-state index is 0.126. The Morgan fingerprint density at radius 2 is 1.67 bits per heavy atom. The van der Waals surface area contributed by atoms with E-state index in [0.717, 1.165) is 33.5 Å². The number of aryl methyl sites for hydroxylation is 2. The zero-order valence-electron chi connectivity index (χ0n) is 18.9. The Morgan fingerprint density at radius 1 is 0.970 bits per heavy atom. The minimum atomic E-state index is -0.484. The number of fused-ring (bicyclic) bond motifs is 1. The monoisotopic (exact) mass is 442 g/mol. The Kier molecular flexibility index (Phi) is 6.40. The average molecular weight is 443 g/mol. The third-order valence-electron chi connectivity index (χ3n) is 5.55. The summed E-state index contributed by atoms with van der Waals surface area (Å²) in [7, 11) is 1.63. The van der Waals surface area contributed by atoms with E-state index in [4.69, 9.17) is 4.74 Å². The lowest BCUT2D eigenvalue weighted by Crippen LogP contribution is -2.30. The van der Waals surface area contributed by atoms with Gasteiger partial charge in [-0.25, -0.2) is 4.79 Å². The van der Waals surface area contributed by atoms with Gasteiger partial charge in [-0.1, -0.05) is 42.5 Å². The van der Waals surface area contributed by atoms with Crippen LogP contribution in [-0.2, 0) is 17.9 Å². The van der Waals surface area contributed by atoms with Crippen LogP contribution >= 0.6 is 0 Å². The van der Waals surface area contributed by atoms with Crippen LogP contribution in [0.2, 0.25) is 0 Å². The summed E-state index contributed by atoms with van der Waals surface area (Å²) in [6.07, 6.45) is 0. The van der Waals surface area contributed by atoms with Crippen molar-refractivity contribution in [2.24, 2.45) is 0 Å². The third kappa shape index (κ3) is 4.87. The number of rotatable bonds is 7. The molecule has 0 spiro atoms. The summed E-state index contributed by atoms with van der Waals surface area (Å²) in [6.45, 7) is 4.25. The molecule has 1 aromatic heterocycles. The SMILES string of the molecule is COc1ccc(CNc2nc(=O)n(CC(=O)Nc3c(C)cccc3C)c3ccccc23)cc1. The summed E-state index contributed by atoms with van der Waals surface area (Å²) in [5.74, 6) is 0.988. The van der Waals surface area contributed by atoms with E-state index < -0.39 is 5.69 Å². The number of aromatic nitrogens is 2. The van der Waals surface area contributed by atoms with Crippen molar-refractivity contribution in [1.29, 1.82) is 0 Å². The molecular weight excluding hydrogens is 416 g/mol. The van der Waals surface area contributed by atoms with Crippen LogP contribution in [0.5, 0.6) is 5.75 Å². The number of amides is 1. The molecule has 0 saturated carbocycles. The van der Waals surface area contributed by atoms with Crippen LogP contribution in [0.3, 0.4) is 0 Å². The Bertz CT molecular complexity index is 1340. The molecule has 2 N–H and O–H groups in total. The number of benzene rings is 3. The fraction of sp³-hybridized carbons (Fsp3) is 0.192. The van der Waals surface area contributed by atoms with Gasteiger partial charge in [0, 0.05) is 17.6 Å².